The third kappa shape index (κ3) is 7.36. The molecule has 0 spiro atoms. The Balaban J connectivity index is 1.90. The molecule has 1 aromatic carbocycles. The van der Waals surface area contributed by atoms with Crippen molar-refractivity contribution in [2.75, 3.05) is 11.9 Å². The molecular formula is C29H37F3N4O3. The van der Waals surface area contributed by atoms with E-state index in [0.29, 0.717) is 48.6 Å². The number of hydrogen-bond acceptors (Lipinski definition) is 4. The van der Waals surface area contributed by atoms with Crippen LogP contribution in [-0.2, 0) is 14.4 Å². The van der Waals surface area contributed by atoms with Gasteiger partial charge in [0.2, 0.25) is 18.0 Å². The molecule has 0 saturated heterocycles. The number of amides is 3. The van der Waals surface area contributed by atoms with Gasteiger partial charge < -0.3 is 15.5 Å². The van der Waals surface area contributed by atoms with Crippen molar-refractivity contribution in [1.82, 2.24) is 10.6 Å². The summed E-state index contributed by atoms with van der Waals surface area (Å²) >= 11 is 0. The van der Waals surface area contributed by atoms with Gasteiger partial charge in [0.25, 0.3) is 5.91 Å². The van der Waals surface area contributed by atoms with Gasteiger partial charge in [0.15, 0.2) is 0 Å². The minimum atomic E-state index is -4.49. The Morgan fingerprint density at radius 3 is 2.49 bits per heavy atom. The number of anilines is 1. The monoisotopic (exact) mass is 546 g/mol. The third-order valence-corrected chi connectivity index (χ3v) is 7.16. The van der Waals surface area contributed by atoms with Crippen molar-refractivity contribution < 1.29 is 27.6 Å². The zero-order chi connectivity index (χ0) is 28.8. The number of aliphatic imine (C=N–C) groups is 1. The van der Waals surface area contributed by atoms with Gasteiger partial charge in [0.1, 0.15) is 5.54 Å². The Morgan fingerprint density at radius 2 is 1.87 bits per heavy atom. The Morgan fingerprint density at radius 1 is 1.21 bits per heavy atom. The number of carbonyl (C=O) groups is 3. The standard InChI is InChI=1S/C29H37F3N4O3/c1-5-20(29(30,31)32)11-10-13-22-21-12-6-7-14-23(21)36(4)26(38)25(33-22)34-27(39)28(17-8-9-18-28)35-24(37)16-15-19(2)3/h5-7,10-12,14,19,25H,8-9,13,15-18H2,1-4H3,(H,34,39)(H,35,37)/b11-10-,20-5+. The average Bonchev–Trinajstić information content (AvgIpc) is 3.33. The van der Waals surface area contributed by atoms with Crippen LogP contribution in [0.3, 0.4) is 0 Å². The predicted octanol–water partition coefficient (Wildman–Crippen LogP) is 5.21. The number of para-hydroxylation sites is 1. The number of benzodiazepines with no additional fused rings is 1. The van der Waals surface area contributed by atoms with Gasteiger partial charge in [-0.3, -0.25) is 19.4 Å². The summed E-state index contributed by atoms with van der Waals surface area (Å²) in [7, 11) is 1.56. The number of likely N-dealkylation sites (N-methyl/N-ethyl adjacent to an activating group) is 1. The number of carbonyl (C=O) groups excluding carboxylic acids is 3. The smallest absolute Gasteiger partial charge is 0.342 e. The number of nitrogens with one attached hydrogen (secondary N) is 2. The first kappa shape index (κ1) is 30.1. The molecule has 1 aliphatic carbocycles. The lowest BCUT2D eigenvalue weighted by Crippen LogP contribution is -2.60. The fraction of sp³-hybridized carbons (Fsp3) is 0.517. The van der Waals surface area contributed by atoms with Crippen LogP contribution < -0.4 is 15.5 Å². The first-order chi connectivity index (χ1) is 18.4. The maximum Gasteiger partial charge on any atom is 0.416 e. The minimum absolute atomic E-state index is 0.00893. The number of rotatable bonds is 9. The van der Waals surface area contributed by atoms with Crippen molar-refractivity contribution in [3.8, 4) is 0 Å². The van der Waals surface area contributed by atoms with E-state index >= 15 is 0 Å². The van der Waals surface area contributed by atoms with E-state index in [2.05, 4.69) is 15.6 Å². The van der Waals surface area contributed by atoms with Crippen molar-refractivity contribution in [2.45, 2.75) is 83.6 Å². The molecule has 1 unspecified atom stereocenters. The lowest BCUT2D eigenvalue weighted by Gasteiger charge is -2.31. The van der Waals surface area contributed by atoms with E-state index in [1.54, 1.807) is 31.3 Å². The van der Waals surface area contributed by atoms with E-state index in [-0.39, 0.29) is 12.3 Å². The van der Waals surface area contributed by atoms with Crippen LogP contribution in [0.25, 0.3) is 0 Å². The van der Waals surface area contributed by atoms with Crippen molar-refractivity contribution in [3.05, 3.63) is 53.6 Å². The fourth-order valence-corrected chi connectivity index (χ4v) is 4.90. The number of fused-ring (bicyclic) bond motifs is 1. The summed E-state index contributed by atoms with van der Waals surface area (Å²) < 4.78 is 39.5. The summed E-state index contributed by atoms with van der Waals surface area (Å²) in [6.07, 6.45) is 0.940. The molecule has 39 heavy (non-hydrogen) atoms. The number of hydrogen-bond donors (Lipinski definition) is 2. The van der Waals surface area contributed by atoms with Gasteiger partial charge in [0, 0.05) is 25.5 Å². The van der Waals surface area contributed by atoms with Crippen LogP contribution in [-0.4, -0.2) is 48.4 Å². The van der Waals surface area contributed by atoms with E-state index in [1.165, 1.54) is 17.9 Å². The quantitative estimate of drug-likeness (QED) is 0.417. The second kappa shape index (κ2) is 12.6. The molecule has 212 valence electrons. The van der Waals surface area contributed by atoms with E-state index in [1.807, 2.05) is 13.8 Å². The van der Waals surface area contributed by atoms with Gasteiger partial charge in [-0.25, -0.2) is 0 Å². The summed E-state index contributed by atoms with van der Waals surface area (Å²) in [6.45, 7) is 5.35. The Hall–Kier alpha value is -3.43. The Labute approximate surface area is 227 Å². The van der Waals surface area contributed by atoms with Crippen molar-refractivity contribution in [1.29, 1.82) is 0 Å². The maximum absolute atomic E-state index is 13.6. The van der Waals surface area contributed by atoms with Crippen LogP contribution in [0.2, 0.25) is 0 Å². The van der Waals surface area contributed by atoms with E-state index < -0.39 is 35.3 Å². The zero-order valence-electron chi connectivity index (χ0n) is 22.9. The number of benzene rings is 1. The highest BCUT2D eigenvalue weighted by atomic mass is 19.4. The Kier molecular flexibility index (Phi) is 9.74. The van der Waals surface area contributed by atoms with E-state index in [4.69, 9.17) is 0 Å². The van der Waals surface area contributed by atoms with Crippen LogP contribution in [0.15, 0.2) is 53.1 Å². The molecule has 1 atom stereocenters. The first-order valence-electron chi connectivity index (χ1n) is 13.3. The second-order valence-electron chi connectivity index (χ2n) is 10.5. The molecular weight excluding hydrogens is 509 g/mol. The van der Waals surface area contributed by atoms with Crippen LogP contribution in [0.1, 0.15) is 71.3 Å². The number of alkyl halides is 3. The minimum Gasteiger partial charge on any atom is -0.342 e. The summed E-state index contributed by atoms with van der Waals surface area (Å²) in [6, 6.07) is 6.96. The van der Waals surface area contributed by atoms with Crippen molar-refractivity contribution in [2.24, 2.45) is 10.9 Å². The summed E-state index contributed by atoms with van der Waals surface area (Å²) in [5, 5.41) is 5.67. The Bertz CT molecular complexity index is 1160. The molecule has 1 aliphatic heterocycles. The number of allylic oxidation sites excluding steroid dienone is 4. The third-order valence-electron chi connectivity index (χ3n) is 7.16. The highest BCUT2D eigenvalue weighted by Gasteiger charge is 2.44. The van der Waals surface area contributed by atoms with Crippen LogP contribution in [0.5, 0.6) is 0 Å². The summed E-state index contributed by atoms with van der Waals surface area (Å²) in [5.41, 5.74) is -0.439. The van der Waals surface area contributed by atoms with Gasteiger partial charge in [-0.15, -0.1) is 0 Å². The zero-order valence-corrected chi connectivity index (χ0v) is 22.9. The molecule has 3 amide bonds. The van der Waals surface area contributed by atoms with E-state index in [9.17, 15) is 27.6 Å². The molecule has 1 aromatic rings. The van der Waals surface area contributed by atoms with Crippen LogP contribution >= 0.6 is 0 Å². The predicted molar refractivity (Wildman–Crippen MR) is 145 cm³/mol. The SMILES string of the molecule is C/C=C(\C=C/CC1=NC(NC(=O)C2(NC(=O)CCC(C)C)CCCC2)C(=O)N(C)c2ccccc21)C(F)(F)F. The molecule has 3 rings (SSSR count). The highest BCUT2D eigenvalue weighted by Crippen LogP contribution is 2.32. The normalized spacial score (nSPS) is 19.6. The molecule has 1 fully saturated rings. The largest absolute Gasteiger partial charge is 0.416 e. The van der Waals surface area contributed by atoms with Gasteiger partial charge in [0.05, 0.1) is 17.0 Å². The molecule has 7 nitrogen and oxygen atoms in total. The lowest BCUT2D eigenvalue weighted by atomic mass is 9.95. The fourth-order valence-electron chi connectivity index (χ4n) is 4.90. The topological polar surface area (TPSA) is 90.9 Å². The summed E-state index contributed by atoms with van der Waals surface area (Å²) in [4.78, 5) is 45.6. The van der Waals surface area contributed by atoms with Gasteiger partial charge in [-0.2, -0.15) is 13.2 Å². The molecule has 1 saturated carbocycles. The summed E-state index contributed by atoms with van der Waals surface area (Å²) in [5.74, 6) is -0.844. The molecule has 2 aliphatic rings. The number of nitrogens with zero attached hydrogens (tertiary/aromatic N) is 2. The highest BCUT2D eigenvalue weighted by molar-refractivity contribution is 6.13. The van der Waals surface area contributed by atoms with E-state index in [0.717, 1.165) is 25.0 Å². The molecule has 0 radical (unpaired) electrons. The molecule has 1 heterocycles. The van der Waals surface area contributed by atoms with Crippen molar-refractivity contribution in [3.63, 3.8) is 0 Å². The molecule has 0 bridgehead atoms. The lowest BCUT2D eigenvalue weighted by molar-refractivity contribution is -0.135. The van der Waals surface area contributed by atoms with Crippen molar-refractivity contribution >= 4 is 29.1 Å². The molecule has 0 aromatic heterocycles. The van der Waals surface area contributed by atoms with Gasteiger partial charge in [-0.1, -0.05) is 63.1 Å². The molecule has 10 heteroatoms. The number of halogens is 3. The van der Waals surface area contributed by atoms with Gasteiger partial charge in [-0.05, 0) is 38.2 Å². The first-order valence-corrected chi connectivity index (χ1v) is 13.3. The van der Waals surface area contributed by atoms with Crippen LogP contribution in [0.4, 0.5) is 18.9 Å². The van der Waals surface area contributed by atoms with Crippen LogP contribution in [0, 0.1) is 5.92 Å². The second-order valence-corrected chi connectivity index (χ2v) is 10.5. The molecule has 2 N–H and O–H groups in total. The maximum atomic E-state index is 13.6. The van der Waals surface area contributed by atoms with Gasteiger partial charge >= 0.3 is 6.18 Å². The average molecular weight is 547 g/mol.